The van der Waals surface area contributed by atoms with E-state index in [0.717, 1.165) is 10.9 Å². The van der Waals surface area contributed by atoms with E-state index in [4.69, 9.17) is 0 Å². The molecule has 0 saturated carbocycles. The normalized spacial score (nSPS) is 11.1. The van der Waals surface area contributed by atoms with Gasteiger partial charge in [-0.2, -0.15) is 4.52 Å². The number of aromatic nitrogens is 4. The predicted octanol–water partition coefficient (Wildman–Crippen LogP) is 0.983. The van der Waals surface area contributed by atoms with Crippen molar-refractivity contribution in [3.05, 3.63) is 30.3 Å². The van der Waals surface area contributed by atoms with Gasteiger partial charge >= 0.3 is 0 Å². The summed E-state index contributed by atoms with van der Waals surface area (Å²) in [6.45, 7) is 0. The maximum absolute atomic E-state index is 9.29. The minimum atomic E-state index is 0.241. The number of rotatable bonds is 0. The number of nitrogens with zero attached hydrogens (tertiary/aromatic N) is 4. The second-order valence-electron chi connectivity index (χ2n) is 3.03. The van der Waals surface area contributed by atoms with E-state index in [-0.39, 0.29) is 5.75 Å². The van der Waals surface area contributed by atoms with Crippen LogP contribution in [-0.4, -0.2) is 25.1 Å². The van der Waals surface area contributed by atoms with E-state index in [1.807, 2.05) is 12.1 Å². The van der Waals surface area contributed by atoms with Gasteiger partial charge in [0.05, 0.1) is 5.52 Å². The molecular weight excluding hydrogens is 180 g/mol. The molecule has 68 valence electrons. The molecule has 0 fully saturated rings. The number of benzene rings is 1. The number of phenolic OH excluding ortho intramolecular Hbond substituents is 1. The average molecular weight is 186 g/mol. The molecule has 0 aliphatic rings. The molecule has 2 heterocycles. The lowest BCUT2D eigenvalue weighted by atomic mass is 10.2. The summed E-state index contributed by atoms with van der Waals surface area (Å²) in [7, 11) is 0. The van der Waals surface area contributed by atoms with Gasteiger partial charge < -0.3 is 5.11 Å². The Hall–Kier alpha value is -2.17. The maximum Gasteiger partial charge on any atom is 0.179 e. The van der Waals surface area contributed by atoms with Crippen molar-refractivity contribution in [1.82, 2.24) is 20.0 Å². The standard InChI is InChI=1S/C9H6N4O/c14-7-2-3-8-6(5-7)1-4-9-10-11-12-13(8)9/h1-5,14H. The van der Waals surface area contributed by atoms with E-state index in [2.05, 4.69) is 15.5 Å². The lowest BCUT2D eigenvalue weighted by Gasteiger charge is -1.99. The number of phenols is 1. The van der Waals surface area contributed by atoms with Crippen LogP contribution >= 0.6 is 0 Å². The number of aromatic hydroxyl groups is 1. The molecule has 0 amide bonds. The molecule has 0 aliphatic carbocycles. The van der Waals surface area contributed by atoms with Crippen LogP contribution in [0.2, 0.25) is 0 Å². The largest absolute Gasteiger partial charge is 0.508 e. The van der Waals surface area contributed by atoms with Gasteiger partial charge in [-0.1, -0.05) is 0 Å². The molecule has 1 N–H and O–H groups in total. The molecule has 0 radical (unpaired) electrons. The molecule has 0 saturated heterocycles. The van der Waals surface area contributed by atoms with Crippen molar-refractivity contribution in [3.63, 3.8) is 0 Å². The molecule has 0 spiro atoms. The zero-order valence-electron chi connectivity index (χ0n) is 7.12. The fourth-order valence-corrected chi connectivity index (χ4v) is 1.50. The minimum absolute atomic E-state index is 0.241. The zero-order valence-corrected chi connectivity index (χ0v) is 7.12. The van der Waals surface area contributed by atoms with Crippen LogP contribution in [0.4, 0.5) is 0 Å². The molecular formula is C9H6N4O. The van der Waals surface area contributed by atoms with Gasteiger partial charge in [-0.3, -0.25) is 0 Å². The molecule has 1 aromatic carbocycles. The van der Waals surface area contributed by atoms with Crippen LogP contribution in [0.3, 0.4) is 0 Å². The van der Waals surface area contributed by atoms with Gasteiger partial charge in [0.2, 0.25) is 0 Å². The van der Waals surface area contributed by atoms with Gasteiger partial charge in [-0.25, -0.2) is 0 Å². The third kappa shape index (κ3) is 0.861. The average Bonchev–Trinajstić information content (AvgIpc) is 2.65. The molecule has 3 rings (SSSR count). The summed E-state index contributed by atoms with van der Waals surface area (Å²) in [5.74, 6) is 0.241. The van der Waals surface area contributed by atoms with Crippen LogP contribution in [0, 0.1) is 0 Å². The molecule has 0 unspecified atom stereocenters. The van der Waals surface area contributed by atoms with Crippen LogP contribution in [0.25, 0.3) is 16.6 Å². The van der Waals surface area contributed by atoms with Crippen LogP contribution < -0.4 is 0 Å². The third-order valence-electron chi connectivity index (χ3n) is 2.14. The molecule has 0 aliphatic heterocycles. The number of pyridine rings is 1. The Kier molecular flexibility index (Phi) is 1.25. The smallest absolute Gasteiger partial charge is 0.179 e. The van der Waals surface area contributed by atoms with E-state index in [0.29, 0.717) is 5.65 Å². The first-order valence-corrected chi connectivity index (χ1v) is 4.14. The second-order valence-corrected chi connectivity index (χ2v) is 3.03. The van der Waals surface area contributed by atoms with Gasteiger partial charge in [0.25, 0.3) is 0 Å². The molecule has 2 aromatic heterocycles. The van der Waals surface area contributed by atoms with E-state index in [1.165, 1.54) is 0 Å². The third-order valence-corrected chi connectivity index (χ3v) is 2.14. The Morgan fingerprint density at radius 3 is 3.00 bits per heavy atom. The Bertz CT molecular complexity index is 616. The van der Waals surface area contributed by atoms with Crippen molar-refractivity contribution >= 4 is 16.6 Å². The van der Waals surface area contributed by atoms with Gasteiger partial charge in [0.1, 0.15) is 5.75 Å². The molecule has 0 bridgehead atoms. The van der Waals surface area contributed by atoms with Gasteiger partial charge in [-0.05, 0) is 40.8 Å². The summed E-state index contributed by atoms with van der Waals surface area (Å²) in [6.07, 6.45) is 0. The van der Waals surface area contributed by atoms with Crippen molar-refractivity contribution in [2.45, 2.75) is 0 Å². The van der Waals surface area contributed by atoms with E-state index < -0.39 is 0 Å². The summed E-state index contributed by atoms with van der Waals surface area (Å²) in [4.78, 5) is 0. The summed E-state index contributed by atoms with van der Waals surface area (Å²) < 4.78 is 1.63. The van der Waals surface area contributed by atoms with E-state index >= 15 is 0 Å². The van der Waals surface area contributed by atoms with Crippen molar-refractivity contribution < 1.29 is 5.11 Å². The molecule has 5 nitrogen and oxygen atoms in total. The Morgan fingerprint density at radius 1 is 1.14 bits per heavy atom. The van der Waals surface area contributed by atoms with E-state index in [9.17, 15) is 5.11 Å². The van der Waals surface area contributed by atoms with Crippen molar-refractivity contribution in [2.75, 3.05) is 0 Å². The first-order valence-electron chi connectivity index (χ1n) is 4.14. The Labute approximate surface area is 78.6 Å². The Morgan fingerprint density at radius 2 is 2.07 bits per heavy atom. The van der Waals surface area contributed by atoms with Gasteiger partial charge in [0.15, 0.2) is 5.65 Å². The minimum Gasteiger partial charge on any atom is -0.508 e. The maximum atomic E-state index is 9.29. The Balaban J connectivity index is 2.57. The number of hydrogen-bond donors (Lipinski definition) is 1. The lowest BCUT2D eigenvalue weighted by Crippen LogP contribution is -1.89. The quantitative estimate of drug-likeness (QED) is 0.568. The fraction of sp³-hybridized carbons (Fsp3) is 0. The highest BCUT2D eigenvalue weighted by Gasteiger charge is 2.02. The SMILES string of the molecule is Oc1ccc2c(ccc3nnnn32)c1. The first kappa shape index (κ1) is 7.25. The summed E-state index contributed by atoms with van der Waals surface area (Å²) in [5.41, 5.74) is 1.58. The van der Waals surface area contributed by atoms with Gasteiger partial charge in [-0.15, -0.1) is 5.10 Å². The number of hydrogen-bond acceptors (Lipinski definition) is 4. The van der Waals surface area contributed by atoms with E-state index in [1.54, 1.807) is 22.7 Å². The second kappa shape index (κ2) is 2.41. The molecule has 0 atom stereocenters. The van der Waals surface area contributed by atoms with Crippen molar-refractivity contribution in [2.24, 2.45) is 0 Å². The van der Waals surface area contributed by atoms with Crippen LogP contribution in [0.5, 0.6) is 5.75 Å². The van der Waals surface area contributed by atoms with Crippen molar-refractivity contribution in [3.8, 4) is 5.75 Å². The molecule has 3 aromatic rings. The lowest BCUT2D eigenvalue weighted by molar-refractivity contribution is 0.476. The highest BCUT2D eigenvalue weighted by atomic mass is 16.3. The number of tetrazole rings is 1. The number of fused-ring (bicyclic) bond motifs is 3. The predicted molar refractivity (Wildman–Crippen MR) is 50.0 cm³/mol. The van der Waals surface area contributed by atoms with Crippen LogP contribution in [0.1, 0.15) is 0 Å². The molecule has 5 heteroatoms. The highest BCUT2D eigenvalue weighted by molar-refractivity contribution is 5.82. The highest BCUT2D eigenvalue weighted by Crippen LogP contribution is 2.19. The monoisotopic (exact) mass is 186 g/mol. The van der Waals surface area contributed by atoms with Gasteiger partial charge in [0, 0.05) is 5.39 Å². The van der Waals surface area contributed by atoms with Crippen LogP contribution in [-0.2, 0) is 0 Å². The summed E-state index contributed by atoms with van der Waals surface area (Å²) in [6, 6.07) is 8.76. The summed E-state index contributed by atoms with van der Waals surface area (Å²) in [5, 5.41) is 21.5. The fourth-order valence-electron chi connectivity index (χ4n) is 1.50. The first-order chi connectivity index (χ1) is 6.84. The van der Waals surface area contributed by atoms with Crippen LogP contribution in [0.15, 0.2) is 30.3 Å². The van der Waals surface area contributed by atoms with Crippen molar-refractivity contribution in [1.29, 1.82) is 0 Å². The topological polar surface area (TPSA) is 63.3 Å². The molecule has 14 heavy (non-hydrogen) atoms. The summed E-state index contributed by atoms with van der Waals surface area (Å²) >= 11 is 0. The zero-order chi connectivity index (χ0) is 9.54.